The molecule has 0 aliphatic heterocycles. The highest BCUT2D eigenvalue weighted by Crippen LogP contribution is 2.33. The molecule has 2 aliphatic carbocycles. The average molecular weight is 342 g/mol. The number of aromatic nitrogens is 2. The highest BCUT2D eigenvalue weighted by molar-refractivity contribution is 5.78. The minimum absolute atomic E-state index is 0.121. The quantitative estimate of drug-likeness (QED) is 0.808. The molecule has 0 N–H and O–H groups in total. The molecule has 7 nitrogen and oxygen atoms in total. The van der Waals surface area contributed by atoms with Gasteiger partial charge in [0.2, 0.25) is 5.91 Å². The van der Waals surface area contributed by atoms with Crippen LogP contribution >= 0.6 is 0 Å². The van der Waals surface area contributed by atoms with Gasteiger partial charge in [-0.25, -0.2) is 9.36 Å². The summed E-state index contributed by atoms with van der Waals surface area (Å²) in [7, 11) is 0. The van der Waals surface area contributed by atoms with E-state index in [2.05, 4.69) is 6.08 Å². The van der Waals surface area contributed by atoms with Crippen LogP contribution in [0.5, 0.6) is 0 Å². The molecule has 0 aromatic carbocycles. The van der Waals surface area contributed by atoms with Gasteiger partial charge in [0.25, 0.3) is 5.56 Å². The van der Waals surface area contributed by atoms with Crippen LogP contribution in [0.15, 0.2) is 27.6 Å². The molecular weight excluding hydrogens is 320 g/mol. The van der Waals surface area contributed by atoms with Crippen LogP contribution in [0.1, 0.15) is 51.0 Å². The van der Waals surface area contributed by atoms with E-state index >= 15 is 0 Å². The molecule has 1 aromatic rings. The number of allylic oxidation sites excluding steroid dienone is 2. The molecule has 132 valence electrons. The lowest BCUT2D eigenvalue weighted by molar-refractivity contribution is -0.130. The number of aryl methyl sites for hydroxylation is 1. The third kappa shape index (κ3) is 3.43. The van der Waals surface area contributed by atoms with Crippen LogP contribution in [0.2, 0.25) is 0 Å². The molecule has 1 fully saturated rings. The topological polar surface area (TPSA) is 88.1 Å². The molecule has 0 spiro atoms. The lowest BCUT2D eigenvalue weighted by atomic mass is 10.0. The second kappa shape index (κ2) is 7.09. The van der Waals surface area contributed by atoms with E-state index in [9.17, 15) is 14.4 Å². The van der Waals surface area contributed by atoms with Crippen molar-refractivity contribution in [3.63, 3.8) is 0 Å². The largest absolute Gasteiger partial charge is 0.331 e. The number of carbonyl (C=O) groups excluding carboxylic acids is 1. The van der Waals surface area contributed by atoms with Crippen LogP contribution in [0.3, 0.4) is 0 Å². The fourth-order valence-electron chi connectivity index (χ4n) is 3.28. The van der Waals surface area contributed by atoms with E-state index in [1.165, 1.54) is 10.8 Å². The Morgan fingerprint density at radius 1 is 1.36 bits per heavy atom. The molecule has 2 aliphatic rings. The van der Waals surface area contributed by atoms with Gasteiger partial charge >= 0.3 is 5.69 Å². The summed E-state index contributed by atoms with van der Waals surface area (Å²) >= 11 is 0. The van der Waals surface area contributed by atoms with Gasteiger partial charge in [0.05, 0.1) is 0 Å². The monoisotopic (exact) mass is 342 g/mol. The Kier molecular flexibility index (Phi) is 4.88. The number of hydrogen-bond acceptors (Lipinski definition) is 4. The van der Waals surface area contributed by atoms with E-state index in [0.29, 0.717) is 6.54 Å². The Bertz CT molecular complexity index is 868. The molecule has 0 atom stereocenters. The van der Waals surface area contributed by atoms with Gasteiger partial charge in [-0.1, -0.05) is 6.08 Å². The van der Waals surface area contributed by atoms with E-state index in [4.69, 9.17) is 5.26 Å². The molecule has 25 heavy (non-hydrogen) atoms. The minimum Gasteiger partial charge on any atom is -0.312 e. The van der Waals surface area contributed by atoms with Gasteiger partial charge in [-0.2, -0.15) is 5.26 Å². The molecule has 1 saturated carbocycles. The zero-order valence-corrected chi connectivity index (χ0v) is 14.4. The Labute approximate surface area is 145 Å². The Balaban J connectivity index is 1.94. The summed E-state index contributed by atoms with van der Waals surface area (Å²) in [5, 5.41) is 9.12. The zero-order valence-electron chi connectivity index (χ0n) is 14.4. The van der Waals surface area contributed by atoms with Gasteiger partial charge in [-0.05, 0) is 45.4 Å². The maximum Gasteiger partial charge on any atom is 0.331 e. The van der Waals surface area contributed by atoms with Crippen LogP contribution in [0.25, 0.3) is 0 Å². The van der Waals surface area contributed by atoms with Gasteiger partial charge in [-0.15, -0.1) is 0 Å². The van der Waals surface area contributed by atoms with Crippen LogP contribution in [0, 0.1) is 11.3 Å². The fourth-order valence-corrected chi connectivity index (χ4v) is 3.28. The Hall–Kier alpha value is -2.62. The number of nitrogens with zero attached hydrogens (tertiary/aromatic N) is 4. The van der Waals surface area contributed by atoms with E-state index in [1.807, 2.05) is 6.07 Å². The molecule has 0 radical (unpaired) electrons. The lowest BCUT2D eigenvalue weighted by Gasteiger charge is -2.28. The van der Waals surface area contributed by atoms with Crippen molar-refractivity contribution in [2.45, 2.75) is 64.6 Å². The van der Waals surface area contributed by atoms with E-state index in [1.54, 1.807) is 11.8 Å². The maximum atomic E-state index is 12.9. The van der Waals surface area contributed by atoms with Crippen molar-refractivity contribution < 1.29 is 4.79 Å². The summed E-state index contributed by atoms with van der Waals surface area (Å²) in [6.07, 6.45) is 9.25. The second-order valence-corrected chi connectivity index (χ2v) is 6.55. The van der Waals surface area contributed by atoms with Crippen molar-refractivity contribution in [1.29, 1.82) is 5.26 Å². The molecule has 1 amide bonds. The average Bonchev–Trinajstić information content (AvgIpc) is 3.45. The molecule has 0 unspecified atom stereocenters. The number of hydrogen-bond donors (Lipinski definition) is 0. The van der Waals surface area contributed by atoms with Gasteiger partial charge in [0.1, 0.15) is 18.2 Å². The van der Waals surface area contributed by atoms with Crippen molar-refractivity contribution in [2.75, 3.05) is 0 Å². The molecule has 1 aromatic heterocycles. The summed E-state index contributed by atoms with van der Waals surface area (Å²) in [6.45, 7) is 1.77. The van der Waals surface area contributed by atoms with Gasteiger partial charge < -0.3 is 4.90 Å². The fraction of sp³-hybridized carbons (Fsp3) is 0.556. The zero-order chi connectivity index (χ0) is 18.0. The summed E-state index contributed by atoms with van der Waals surface area (Å²) < 4.78 is 2.18. The van der Waals surface area contributed by atoms with Crippen LogP contribution in [-0.2, 0) is 17.9 Å². The number of nitriles is 1. The molecule has 0 bridgehead atoms. The SMILES string of the molecule is CCn1cc(C#N)c(=O)n(CC(=O)N(C2=CCCCC2)C2CC2)c1=O. The van der Waals surface area contributed by atoms with Crippen molar-refractivity contribution in [3.05, 3.63) is 44.4 Å². The van der Waals surface area contributed by atoms with Crippen molar-refractivity contribution in [1.82, 2.24) is 14.0 Å². The van der Waals surface area contributed by atoms with Gasteiger partial charge in [-0.3, -0.25) is 14.2 Å². The summed E-state index contributed by atoms with van der Waals surface area (Å²) in [5.74, 6) is -0.243. The predicted molar refractivity (Wildman–Crippen MR) is 91.8 cm³/mol. The third-order valence-corrected chi connectivity index (χ3v) is 4.75. The molecule has 3 rings (SSSR count). The smallest absolute Gasteiger partial charge is 0.312 e. The van der Waals surface area contributed by atoms with Crippen molar-refractivity contribution >= 4 is 5.91 Å². The summed E-state index contributed by atoms with van der Waals surface area (Å²) in [5.41, 5.74) is -0.352. The molecule has 1 heterocycles. The first-order valence-electron chi connectivity index (χ1n) is 8.82. The third-order valence-electron chi connectivity index (χ3n) is 4.75. The number of rotatable bonds is 5. The number of carbonyl (C=O) groups is 1. The first-order chi connectivity index (χ1) is 12.1. The highest BCUT2D eigenvalue weighted by atomic mass is 16.2. The summed E-state index contributed by atoms with van der Waals surface area (Å²) in [6, 6.07) is 1.99. The normalized spacial score (nSPS) is 16.9. The summed E-state index contributed by atoms with van der Waals surface area (Å²) in [4.78, 5) is 39.5. The Morgan fingerprint density at radius 3 is 2.68 bits per heavy atom. The van der Waals surface area contributed by atoms with Crippen molar-refractivity contribution in [3.8, 4) is 6.07 Å². The van der Waals surface area contributed by atoms with E-state index < -0.39 is 11.2 Å². The standard InChI is InChI=1S/C18H22N4O3/c1-2-20-11-13(10-19)17(24)21(18(20)25)12-16(23)22(15-8-9-15)14-6-4-3-5-7-14/h6,11,15H,2-5,7-9,12H2,1H3. The molecule has 0 saturated heterocycles. The van der Waals surface area contributed by atoms with Gasteiger partial charge in [0.15, 0.2) is 0 Å². The Morgan fingerprint density at radius 2 is 2.12 bits per heavy atom. The van der Waals surface area contributed by atoms with Crippen LogP contribution in [-0.4, -0.2) is 26.0 Å². The van der Waals surface area contributed by atoms with E-state index in [-0.39, 0.29) is 24.1 Å². The second-order valence-electron chi connectivity index (χ2n) is 6.55. The van der Waals surface area contributed by atoms with Crippen molar-refractivity contribution in [2.24, 2.45) is 0 Å². The van der Waals surface area contributed by atoms with E-state index in [0.717, 1.165) is 48.8 Å². The first-order valence-corrected chi connectivity index (χ1v) is 8.82. The molecule has 7 heteroatoms. The number of amides is 1. The first kappa shape index (κ1) is 17.2. The highest BCUT2D eigenvalue weighted by Gasteiger charge is 2.35. The van der Waals surface area contributed by atoms with Crippen LogP contribution in [0.4, 0.5) is 0 Å². The molecular formula is C18H22N4O3. The predicted octanol–water partition coefficient (Wildman–Crippen LogP) is 1.35. The van der Waals surface area contributed by atoms with Crippen LogP contribution < -0.4 is 11.2 Å². The van der Waals surface area contributed by atoms with Gasteiger partial charge in [0, 0.05) is 24.5 Å². The maximum absolute atomic E-state index is 12.9. The minimum atomic E-state index is -0.695. The lowest BCUT2D eigenvalue weighted by Crippen LogP contribution is -2.45.